The number of amides is 1. The molecule has 1 amide bonds. The van der Waals surface area contributed by atoms with Gasteiger partial charge in [0, 0.05) is 30.4 Å². The highest BCUT2D eigenvalue weighted by atomic mass is 32.1. The Morgan fingerprint density at radius 1 is 1.21 bits per heavy atom. The van der Waals surface area contributed by atoms with Crippen molar-refractivity contribution in [1.82, 2.24) is 14.9 Å². The van der Waals surface area contributed by atoms with Crippen LogP contribution in [0.2, 0.25) is 0 Å². The monoisotopic (exact) mass is 341 g/mol. The Morgan fingerprint density at radius 2 is 1.92 bits per heavy atom. The summed E-state index contributed by atoms with van der Waals surface area (Å²) in [5.41, 5.74) is 1.72. The number of benzene rings is 1. The fourth-order valence-electron chi connectivity index (χ4n) is 2.35. The van der Waals surface area contributed by atoms with Crippen LogP contribution in [0.15, 0.2) is 54.2 Å². The van der Waals surface area contributed by atoms with E-state index in [9.17, 15) is 9.18 Å². The van der Waals surface area contributed by atoms with Gasteiger partial charge in [-0.3, -0.25) is 9.78 Å². The Morgan fingerprint density at radius 3 is 2.62 bits per heavy atom. The van der Waals surface area contributed by atoms with E-state index in [0.29, 0.717) is 16.3 Å². The van der Waals surface area contributed by atoms with Crippen LogP contribution in [0.25, 0.3) is 10.6 Å². The van der Waals surface area contributed by atoms with E-state index in [1.54, 1.807) is 47.9 Å². The standard InChI is InChI=1S/C18H16FN3OS/c1-12(13-7-9-20-10-8-13)22(2)18(23)16-11-24-17(21-16)14-5-3-4-6-15(14)19/h3-12H,1-2H3/t12-/m1/s1. The lowest BCUT2D eigenvalue weighted by Crippen LogP contribution is -2.29. The van der Waals surface area contributed by atoms with Gasteiger partial charge in [-0.15, -0.1) is 11.3 Å². The number of thiazole rings is 1. The molecule has 3 rings (SSSR count). The molecule has 2 aromatic heterocycles. The van der Waals surface area contributed by atoms with E-state index in [4.69, 9.17) is 0 Å². The number of nitrogens with zero attached hydrogens (tertiary/aromatic N) is 3. The average molecular weight is 341 g/mol. The first-order valence-electron chi connectivity index (χ1n) is 7.45. The van der Waals surface area contributed by atoms with Crippen LogP contribution in [0, 0.1) is 5.82 Å². The Balaban J connectivity index is 1.82. The fourth-order valence-corrected chi connectivity index (χ4v) is 3.17. The molecule has 122 valence electrons. The molecule has 0 aliphatic heterocycles. The number of rotatable bonds is 4. The summed E-state index contributed by atoms with van der Waals surface area (Å²) in [7, 11) is 1.73. The summed E-state index contributed by atoms with van der Waals surface area (Å²) in [6.45, 7) is 1.94. The van der Waals surface area contributed by atoms with Crippen LogP contribution in [0.3, 0.4) is 0 Å². The molecule has 6 heteroatoms. The van der Waals surface area contributed by atoms with Crippen molar-refractivity contribution in [2.75, 3.05) is 7.05 Å². The van der Waals surface area contributed by atoms with Gasteiger partial charge in [0.15, 0.2) is 0 Å². The van der Waals surface area contributed by atoms with E-state index >= 15 is 0 Å². The van der Waals surface area contributed by atoms with Gasteiger partial charge < -0.3 is 4.90 Å². The molecule has 1 aromatic carbocycles. The number of pyridine rings is 1. The van der Waals surface area contributed by atoms with Gasteiger partial charge in [-0.2, -0.15) is 0 Å². The summed E-state index contributed by atoms with van der Waals surface area (Å²) >= 11 is 1.26. The third kappa shape index (κ3) is 3.19. The lowest BCUT2D eigenvalue weighted by atomic mass is 10.1. The molecule has 0 fully saturated rings. The molecule has 0 radical (unpaired) electrons. The van der Waals surface area contributed by atoms with Crippen LogP contribution in [0.1, 0.15) is 29.0 Å². The Labute approximate surface area is 143 Å². The Bertz CT molecular complexity index is 850. The van der Waals surface area contributed by atoms with Gasteiger partial charge in [0.2, 0.25) is 0 Å². The van der Waals surface area contributed by atoms with Gasteiger partial charge in [-0.25, -0.2) is 9.37 Å². The molecular formula is C18H16FN3OS. The molecule has 0 spiro atoms. The van der Waals surface area contributed by atoms with E-state index < -0.39 is 0 Å². The summed E-state index contributed by atoms with van der Waals surface area (Å²) in [6, 6.07) is 10.1. The highest BCUT2D eigenvalue weighted by molar-refractivity contribution is 7.13. The lowest BCUT2D eigenvalue weighted by molar-refractivity contribution is 0.0737. The van der Waals surface area contributed by atoms with Gasteiger partial charge in [-0.05, 0) is 36.8 Å². The number of carbonyl (C=O) groups is 1. The van der Waals surface area contributed by atoms with E-state index in [-0.39, 0.29) is 17.8 Å². The number of hydrogen-bond acceptors (Lipinski definition) is 4. The maximum atomic E-state index is 13.9. The number of hydrogen-bond donors (Lipinski definition) is 0. The molecule has 0 N–H and O–H groups in total. The average Bonchev–Trinajstić information content (AvgIpc) is 3.11. The maximum absolute atomic E-state index is 13.9. The molecule has 0 aliphatic carbocycles. The molecule has 3 aromatic rings. The largest absolute Gasteiger partial charge is 0.334 e. The van der Waals surface area contributed by atoms with Gasteiger partial charge in [0.05, 0.1) is 6.04 Å². The second-order valence-corrected chi connectivity index (χ2v) is 6.25. The Kier molecular flexibility index (Phi) is 4.66. The van der Waals surface area contributed by atoms with Crippen molar-refractivity contribution in [3.05, 3.63) is 71.2 Å². The Hall–Kier alpha value is -2.60. The van der Waals surface area contributed by atoms with Crippen molar-refractivity contribution in [3.8, 4) is 10.6 Å². The van der Waals surface area contributed by atoms with Crippen LogP contribution in [-0.2, 0) is 0 Å². The molecule has 0 saturated heterocycles. The van der Waals surface area contributed by atoms with E-state index in [0.717, 1.165) is 5.56 Å². The topological polar surface area (TPSA) is 46.1 Å². The molecule has 1 atom stereocenters. The van der Waals surface area contributed by atoms with E-state index in [1.165, 1.54) is 17.4 Å². The van der Waals surface area contributed by atoms with Crippen molar-refractivity contribution >= 4 is 17.2 Å². The van der Waals surface area contributed by atoms with Gasteiger partial charge in [0.1, 0.15) is 16.5 Å². The van der Waals surface area contributed by atoms with Crippen LogP contribution >= 0.6 is 11.3 Å². The summed E-state index contributed by atoms with van der Waals surface area (Å²) in [5, 5.41) is 2.17. The zero-order chi connectivity index (χ0) is 17.1. The molecule has 2 heterocycles. The lowest BCUT2D eigenvalue weighted by Gasteiger charge is -2.24. The quantitative estimate of drug-likeness (QED) is 0.715. The third-order valence-electron chi connectivity index (χ3n) is 3.92. The maximum Gasteiger partial charge on any atom is 0.273 e. The molecule has 0 saturated carbocycles. The minimum Gasteiger partial charge on any atom is -0.334 e. The summed E-state index contributed by atoms with van der Waals surface area (Å²) < 4.78 is 13.9. The fraction of sp³-hybridized carbons (Fsp3) is 0.167. The second-order valence-electron chi connectivity index (χ2n) is 5.39. The summed E-state index contributed by atoms with van der Waals surface area (Å²) in [5.74, 6) is -0.539. The molecular weight excluding hydrogens is 325 g/mol. The number of halogens is 1. The van der Waals surface area contributed by atoms with Crippen LogP contribution in [0.5, 0.6) is 0 Å². The first kappa shape index (κ1) is 16.3. The minimum absolute atomic E-state index is 0.112. The van der Waals surface area contributed by atoms with E-state index in [1.807, 2.05) is 19.1 Å². The van der Waals surface area contributed by atoms with Gasteiger partial charge in [0.25, 0.3) is 5.91 Å². The SMILES string of the molecule is C[C@H](c1ccncc1)N(C)C(=O)c1csc(-c2ccccc2F)n1. The smallest absolute Gasteiger partial charge is 0.273 e. The van der Waals surface area contributed by atoms with Crippen LogP contribution in [0.4, 0.5) is 4.39 Å². The van der Waals surface area contributed by atoms with Crippen molar-refractivity contribution < 1.29 is 9.18 Å². The highest BCUT2D eigenvalue weighted by Crippen LogP contribution is 2.27. The van der Waals surface area contributed by atoms with Crippen LogP contribution < -0.4 is 0 Å². The number of aromatic nitrogens is 2. The first-order valence-corrected chi connectivity index (χ1v) is 8.33. The zero-order valence-corrected chi connectivity index (χ0v) is 14.1. The highest BCUT2D eigenvalue weighted by Gasteiger charge is 2.22. The van der Waals surface area contributed by atoms with Crippen molar-refractivity contribution in [3.63, 3.8) is 0 Å². The molecule has 0 aliphatic rings. The first-order chi connectivity index (χ1) is 11.6. The predicted octanol–water partition coefficient (Wildman–Crippen LogP) is 4.18. The van der Waals surface area contributed by atoms with Gasteiger partial charge in [-0.1, -0.05) is 12.1 Å². The second kappa shape index (κ2) is 6.88. The van der Waals surface area contributed by atoms with Gasteiger partial charge >= 0.3 is 0 Å². The van der Waals surface area contributed by atoms with Crippen molar-refractivity contribution in [2.24, 2.45) is 0 Å². The molecule has 0 bridgehead atoms. The molecule has 4 nitrogen and oxygen atoms in total. The van der Waals surface area contributed by atoms with E-state index in [2.05, 4.69) is 9.97 Å². The van der Waals surface area contributed by atoms with Crippen molar-refractivity contribution in [2.45, 2.75) is 13.0 Å². The summed E-state index contributed by atoms with van der Waals surface area (Å²) in [4.78, 5) is 22.6. The molecule has 24 heavy (non-hydrogen) atoms. The van der Waals surface area contributed by atoms with Crippen LogP contribution in [-0.4, -0.2) is 27.8 Å². The third-order valence-corrected chi connectivity index (χ3v) is 4.79. The normalized spacial score (nSPS) is 12.0. The zero-order valence-electron chi connectivity index (χ0n) is 13.3. The predicted molar refractivity (Wildman–Crippen MR) is 92.3 cm³/mol. The number of carbonyl (C=O) groups excluding carboxylic acids is 1. The van der Waals surface area contributed by atoms with Crippen molar-refractivity contribution in [1.29, 1.82) is 0 Å². The minimum atomic E-state index is -0.343. The molecule has 0 unspecified atom stereocenters. The summed E-state index contributed by atoms with van der Waals surface area (Å²) in [6.07, 6.45) is 3.40.